The van der Waals surface area contributed by atoms with E-state index in [1.165, 1.54) is 39.9 Å². The van der Waals surface area contributed by atoms with E-state index in [0.29, 0.717) is 42.2 Å². The molecular weight excluding hydrogens is 448 g/mol. The number of sulfonamides is 1. The van der Waals surface area contributed by atoms with Crippen molar-refractivity contribution in [1.29, 1.82) is 0 Å². The van der Waals surface area contributed by atoms with Crippen LogP contribution in [0, 0.1) is 0 Å². The quantitative estimate of drug-likeness (QED) is 0.575. The number of nitrogens with zero attached hydrogens (tertiary/aromatic N) is 2. The largest absolute Gasteiger partial charge is 0.365 e. The molecule has 1 aliphatic heterocycles. The molecule has 2 heterocycles. The number of carbonyl (C=O) groups excluding carboxylic acids is 2. The van der Waals surface area contributed by atoms with Gasteiger partial charge in [-0.2, -0.15) is 4.31 Å². The average Bonchev–Trinajstić information content (AvgIpc) is 3.11. The minimum Gasteiger partial charge on any atom is -0.365 e. The number of primary amides is 1. The molecule has 0 atom stereocenters. The first-order valence-corrected chi connectivity index (χ1v) is 13.0. The zero-order chi connectivity index (χ0) is 23.5. The van der Waals surface area contributed by atoms with Crippen LogP contribution in [-0.2, 0) is 23.0 Å². The maximum absolute atomic E-state index is 12.9. The lowest BCUT2D eigenvalue weighted by Crippen LogP contribution is -2.31. The minimum atomic E-state index is -3.61. The van der Waals surface area contributed by atoms with Crippen molar-refractivity contribution in [2.45, 2.75) is 44.6 Å². The summed E-state index contributed by atoms with van der Waals surface area (Å²) in [6.45, 7) is 6.20. The molecule has 0 saturated carbocycles. The zero-order valence-electron chi connectivity index (χ0n) is 18.7. The normalized spacial score (nSPS) is 14.4. The summed E-state index contributed by atoms with van der Waals surface area (Å²) in [5.41, 5.74) is 7.19. The van der Waals surface area contributed by atoms with Crippen molar-refractivity contribution >= 4 is 38.2 Å². The van der Waals surface area contributed by atoms with Gasteiger partial charge in [-0.15, -0.1) is 11.3 Å². The Bertz CT molecular complexity index is 1090. The van der Waals surface area contributed by atoms with Gasteiger partial charge in [-0.25, -0.2) is 8.42 Å². The Balaban J connectivity index is 1.81. The summed E-state index contributed by atoms with van der Waals surface area (Å²) >= 11 is 1.36. The molecular formula is C22H30N4O4S2. The van der Waals surface area contributed by atoms with Crippen LogP contribution in [0.15, 0.2) is 29.2 Å². The molecule has 174 valence electrons. The van der Waals surface area contributed by atoms with Gasteiger partial charge in [0.15, 0.2) is 0 Å². The lowest BCUT2D eigenvalue weighted by Gasteiger charge is -2.22. The molecule has 0 unspecified atom stereocenters. The summed E-state index contributed by atoms with van der Waals surface area (Å²) in [7, 11) is -1.61. The molecule has 1 aliphatic rings. The Labute approximate surface area is 193 Å². The van der Waals surface area contributed by atoms with Crippen molar-refractivity contribution < 1.29 is 18.0 Å². The molecule has 3 N–H and O–H groups in total. The number of hydrogen-bond donors (Lipinski definition) is 2. The second-order valence-corrected chi connectivity index (χ2v) is 10.9. The Morgan fingerprint density at radius 3 is 2.50 bits per heavy atom. The summed E-state index contributed by atoms with van der Waals surface area (Å²) in [5.74, 6) is -0.975. The first-order chi connectivity index (χ1) is 15.2. The Morgan fingerprint density at radius 2 is 1.91 bits per heavy atom. The number of fused-ring (bicyclic) bond motifs is 1. The van der Waals surface area contributed by atoms with Crippen molar-refractivity contribution in [2.75, 3.05) is 32.0 Å². The minimum absolute atomic E-state index is 0.152. The Hall–Kier alpha value is -2.27. The van der Waals surface area contributed by atoms with Crippen LogP contribution in [0.4, 0.5) is 5.00 Å². The predicted octanol–water partition coefficient (Wildman–Crippen LogP) is 2.90. The summed E-state index contributed by atoms with van der Waals surface area (Å²) in [5, 5.41) is 3.24. The highest BCUT2D eigenvalue weighted by Crippen LogP contribution is 2.36. The van der Waals surface area contributed by atoms with Gasteiger partial charge in [0.1, 0.15) is 5.00 Å². The fourth-order valence-corrected chi connectivity index (χ4v) is 6.58. The molecule has 3 rings (SSSR count). The SMILES string of the molecule is CCCCN(CC)S(=O)(=O)c1ccc(C(=O)Nc2sc3c(c2C(N)=O)CCN(C)C3)cc1. The van der Waals surface area contributed by atoms with E-state index < -0.39 is 21.8 Å². The Kier molecular flexibility index (Phi) is 7.71. The standard InChI is InChI=1S/C22H30N4O4S2/c1-4-6-12-26(5-2)32(29,30)16-9-7-15(8-10-16)21(28)24-22-19(20(23)27)17-11-13-25(3)14-18(17)31-22/h7-10H,4-6,11-14H2,1-3H3,(H2,23,27)(H,24,28). The van der Waals surface area contributed by atoms with E-state index in [1.807, 2.05) is 20.9 Å². The van der Waals surface area contributed by atoms with Crippen molar-refractivity contribution in [1.82, 2.24) is 9.21 Å². The number of unbranched alkanes of at least 4 members (excludes halogenated alkanes) is 1. The first-order valence-electron chi connectivity index (χ1n) is 10.7. The van der Waals surface area contributed by atoms with Gasteiger partial charge in [-0.05, 0) is 49.7 Å². The summed E-state index contributed by atoms with van der Waals surface area (Å²) in [6.07, 6.45) is 2.40. The molecule has 10 heteroatoms. The van der Waals surface area contributed by atoms with E-state index in [0.717, 1.165) is 29.8 Å². The molecule has 32 heavy (non-hydrogen) atoms. The lowest BCUT2D eigenvalue weighted by molar-refractivity contribution is 0.1000. The van der Waals surface area contributed by atoms with Gasteiger partial charge in [-0.1, -0.05) is 20.3 Å². The molecule has 8 nitrogen and oxygen atoms in total. The van der Waals surface area contributed by atoms with Crippen LogP contribution in [0.25, 0.3) is 0 Å². The maximum Gasteiger partial charge on any atom is 0.256 e. The average molecular weight is 479 g/mol. The number of anilines is 1. The van der Waals surface area contributed by atoms with Crippen LogP contribution >= 0.6 is 11.3 Å². The maximum atomic E-state index is 12.9. The van der Waals surface area contributed by atoms with Crippen molar-refractivity contribution in [3.63, 3.8) is 0 Å². The molecule has 0 fully saturated rings. The lowest BCUT2D eigenvalue weighted by atomic mass is 10.0. The highest BCUT2D eigenvalue weighted by atomic mass is 32.2. The monoisotopic (exact) mass is 478 g/mol. The molecule has 1 aromatic carbocycles. The second-order valence-electron chi connectivity index (χ2n) is 7.89. The number of likely N-dealkylation sites (N-methyl/N-ethyl adjacent to an activating group) is 1. The molecule has 0 aliphatic carbocycles. The van der Waals surface area contributed by atoms with E-state index in [2.05, 4.69) is 10.2 Å². The third-order valence-electron chi connectivity index (χ3n) is 5.59. The van der Waals surface area contributed by atoms with Crippen LogP contribution in [0.3, 0.4) is 0 Å². The third kappa shape index (κ3) is 5.03. The molecule has 0 bridgehead atoms. The predicted molar refractivity (Wildman–Crippen MR) is 127 cm³/mol. The van der Waals surface area contributed by atoms with Crippen molar-refractivity contribution in [3.8, 4) is 0 Å². The van der Waals surface area contributed by atoms with E-state index in [4.69, 9.17) is 5.73 Å². The highest BCUT2D eigenvalue weighted by molar-refractivity contribution is 7.89. The smallest absolute Gasteiger partial charge is 0.256 e. The third-order valence-corrected chi connectivity index (χ3v) is 8.71. The molecule has 2 amide bonds. The van der Waals surface area contributed by atoms with Crippen LogP contribution < -0.4 is 11.1 Å². The summed E-state index contributed by atoms with van der Waals surface area (Å²) in [4.78, 5) is 28.2. The topological polar surface area (TPSA) is 113 Å². The fraction of sp³-hybridized carbons (Fsp3) is 0.455. The van der Waals surface area contributed by atoms with Gasteiger partial charge in [0.25, 0.3) is 11.8 Å². The number of rotatable bonds is 9. The molecule has 2 aromatic rings. The van der Waals surface area contributed by atoms with Gasteiger partial charge >= 0.3 is 0 Å². The van der Waals surface area contributed by atoms with E-state index >= 15 is 0 Å². The molecule has 0 spiro atoms. The van der Waals surface area contributed by atoms with Crippen molar-refractivity contribution in [3.05, 3.63) is 45.8 Å². The second kappa shape index (κ2) is 10.1. The summed E-state index contributed by atoms with van der Waals surface area (Å²) in [6, 6.07) is 5.87. The van der Waals surface area contributed by atoms with Crippen LogP contribution in [-0.4, -0.2) is 56.1 Å². The highest BCUT2D eigenvalue weighted by Gasteiger charge is 2.27. The van der Waals surface area contributed by atoms with Gasteiger partial charge in [-0.3, -0.25) is 9.59 Å². The number of benzene rings is 1. The van der Waals surface area contributed by atoms with Crippen molar-refractivity contribution in [2.24, 2.45) is 5.73 Å². The molecule has 0 radical (unpaired) electrons. The van der Waals surface area contributed by atoms with E-state index in [1.54, 1.807) is 0 Å². The number of hydrogen-bond acceptors (Lipinski definition) is 6. The van der Waals surface area contributed by atoms with Gasteiger partial charge in [0.05, 0.1) is 10.5 Å². The number of thiophene rings is 1. The molecule has 1 aromatic heterocycles. The fourth-order valence-electron chi connectivity index (χ4n) is 3.77. The first kappa shape index (κ1) is 24.4. The van der Waals surface area contributed by atoms with Crippen LogP contribution in [0.2, 0.25) is 0 Å². The van der Waals surface area contributed by atoms with E-state index in [-0.39, 0.29) is 4.90 Å². The van der Waals surface area contributed by atoms with Gasteiger partial charge in [0.2, 0.25) is 10.0 Å². The Morgan fingerprint density at radius 1 is 1.22 bits per heavy atom. The number of carbonyl (C=O) groups is 2. The zero-order valence-corrected chi connectivity index (χ0v) is 20.3. The number of nitrogens with one attached hydrogen (secondary N) is 1. The van der Waals surface area contributed by atoms with Gasteiger partial charge in [0, 0.05) is 36.6 Å². The number of nitrogens with two attached hydrogens (primary N) is 1. The summed E-state index contributed by atoms with van der Waals surface area (Å²) < 4.78 is 27.2. The van der Waals surface area contributed by atoms with E-state index in [9.17, 15) is 18.0 Å². The number of amides is 2. The van der Waals surface area contributed by atoms with Gasteiger partial charge < -0.3 is 16.0 Å². The van der Waals surface area contributed by atoms with Crippen LogP contribution in [0.5, 0.6) is 0 Å². The molecule has 0 saturated heterocycles. The van der Waals surface area contributed by atoms with Crippen LogP contribution in [0.1, 0.15) is 57.8 Å².